The molecule has 96 valence electrons. The summed E-state index contributed by atoms with van der Waals surface area (Å²) < 4.78 is 25.8. The van der Waals surface area contributed by atoms with Crippen LogP contribution in [0.1, 0.15) is 12.7 Å². The Hall–Kier alpha value is -0.730. The largest absolute Gasteiger partial charge is 0.369 e. The molecule has 1 aromatic rings. The Kier molecular flexibility index (Phi) is 5.29. The van der Waals surface area contributed by atoms with Gasteiger partial charge in [0.1, 0.15) is 16.2 Å². The van der Waals surface area contributed by atoms with Gasteiger partial charge in [-0.15, -0.1) is 0 Å². The molecule has 0 bridgehead atoms. The van der Waals surface area contributed by atoms with Crippen LogP contribution >= 0.6 is 15.9 Å². The standard InChI is InChI=1S/C9H15BrN4O2S/c1-3-12-17(15,16)5-4-11-9-6-8(10)13-7(2)14-9/h6,12H,3-5H2,1-2H3,(H,11,13,14). The normalized spacial score (nSPS) is 11.5. The van der Waals surface area contributed by atoms with Gasteiger partial charge in [-0.05, 0) is 22.9 Å². The van der Waals surface area contributed by atoms with Crippen LogP contribution in [0, 0.1) is 6.92 Å². The number of aryl methyl sites for hydroxylation is 1. The maximum atomic E-state index is 11.4. The number of nitrogens with zero attached hydrogens (tertiary/aromatic N) is 2. The molecule has 17 heavy (non-hydrogen) atoms. The Morgan fingerprint density at radius 1 is 1.41 bits per heavy atom. The van der Waals surface area contributed by atoms with Gasteiger partial charge in [0, 0.05) is 19.2 Å². The Morgan fingerprint density at radius 2 is 2.12 bits per heavy atom. The minimum absolute atomic E-state index is 0.0154. The zero-order valence-electron chi connectivity index (χ0n) is 9.70. The lowest BCUT2D eigenvalue weighted by atomic mass is 10.5. The van der Waals surface area contributed by atoms with Gasteiger partial charge >= 0.3 is 0 Å². The zero-order chi connectivity index (χ0) is 12.9. The Labute approximate surface area is 109 Å². The third-order valence-corrected chi connectivity index (χ3v) is 3.72. The molecule has 1 heterocycles. The molecule has 8 heteroatoms. The summed E-state index contributed by atoms with van der Waals surface area (Å²) in [6.07, 6.45) is 0. The van der Waals surface area contributed by atoms with Crippen LogP contribution in [-0.2, 0) is 10.0 Å². The van der Waals surface area contributed by atoms with E-state index in [4.69, 9.17) is 0 Å². The predicted octanol–water partition coefficient (Wildman–Crippen LogP) is 0.899. The second kappa shape index (κ2) is 6.27. The van der Waals surface area contributed by atoms with E-state index in [1.807, 2.05) is 0 Å². The van der Waals surface area contributed by atoms with E-state index in [9.17, 15) is 8.42 Å². The molecule has 0 aromatic carbocycles. The van der Waals surface area contributed by atoms with Crippen molar-refractivity contribution in [3.05, 3.63) is 16.5 Å². The Morgan fingerprint density at radius 3 is 2.71 bits per heavy atom. The fourth-order valence-electron chi connectivity index (χ4n) is 1.23. The number of hydrogen-bond acceptors (Lipinski definition) is 5. The molecule has 0 fully saturated rings. The van der Waals surface area contributed by atoms with E-state index in [0.29, 0.717) is 29.3 Å². The molecular formula is C9H15BrN4O2S. The summed E-state index contributed by atoms with van der Waals surface area (Å²) >= 11 is 3.25. The first kappa shape index (κ1) is 14.3. The van der Waals surface area contributed by atoms with E-state index in [0.717, 1.165) is 0 Å². The summed E-state index contributed by atoms with van der Waals surface area (Å²) in [5.74, 6) is 1.24. The van der Waals surface area contributed by atoms with Crippen molar-refractivity contribution in [1.82, 2.24) is 14.7 Å². The fraction of sp³-hybridized carbons (Fsp3) is 0.556. The first-order valence-corrected chi connectivity index (χ1v) is 7.60. The van der Waals surface area contributed by atoms with Gasteiger partial charge in [0.25, 0.3) is 0 Å². The fourth-order valence-corrected chi connectivity index (χ4v) is 2.66. The second-order valence-corrected chi connectivity index (χ2v) is 6.11. The van der Waals surface area contributed by atoms with Crippen molar-refractivity contribution >= 4 is 31.8 Å². The van der Waals surface area contributed by atoms with Crippen molar-refractivity contribution in [1.29, 1.82) is 0 Å². The first-order chi connectivity index (χ1) is 7.93. The van der Waals surface area contributed by atoms with E-state index in [2.05, 4.69) is 35.9 Å². The summed E-state index contributed by atoms with van der Waals surface area (Å²) in [5, 5.41) is 2.94. The van der Waals surface area contributed by atoms with E-state index >= 15 is 0 Å². The maximum absolute atomic E-state index is 11.4. The van der Waals surface area contributed by atoms with E-state index < -0.39 is 10.0 Å². The molecule has 0 aliphatic rings. The Bertz CT molecular complexity index is 458. The van der Waals surface area contributed by atoms with Crippen LogP contribution in [-0.4, -0.2) is 37.2 Å². The highest BCUT2D eigenvalue weighted by Crippen LogP contribution is 2.11. The van der Waals surface area contributed by atoms with Crippen molar-refractivity contribution in [2.24, 2.45) is 0 Å². The number of sulfonamides is 1. The minimum atomic E-state index is -3.19. The number of anilines is 1. The third-order valence-electron chi connectivity index (χ3n) is 1.85. The van der Waals surface area contributed by atoms with Crippen molar-refractivity contribution in [2.45, 2.75) is 13.8 Å². The summed E-state index contributed by atoms with van der Waals surface area (Å²) in [5.41, 5.74) is 0. The molecule has 1 aromatic heterocycles. The highest BCUT2D eigenvalue weighted by Gasteiger charge is 2.08. The summed E-state index contributed by atoms with van der Waals surface area (Å²) in [7, 11) is -3.19. The molecule has 0 saturated heterocycles. The van der Waals surface area contributed by atoms with Gasteiger partial charge in [0.2, 0.25) is 10.0 Å². The third kappa shape index (κ3) is 5.42. The average molecular weight is 323 g/mol. The van der Waals surface area contributed by atoms with Gasteiger partial charge in [-0.1, -0.05) is 6.92 Å². The summed E-state index contributed by atoms with van der Waals surface area (Å²) in [6, 6.07) is 1.70. The topological polar surface area (TPSA) is 84.0 Å². The van der Waals surface area contributed by atoms with Gasteiger partial charge in [-0.2, -0.15) is 0 Å². The molecule has 0 unspecified atom stereocenters. The molecule has 0 saturated carbocycles. The number of hydrogen-bond donors (Lipinski definition) is 2. The molecule has 6 nitrogen and oxygen atoms in total. The van der Waals surface area contributed by atoms with Crippen LogP contribution < -0.4 is 10.0 Å². The lowest BCUT2D eigenvalue weighted by Gasteiger charge is -2.07. The molecule has 0 amide bonds. The molecule has 0 spiro atoms. The smallest absolute Gasteiger partial charge is 0.213 e. The van der Waals surface area contributed by atoms with Crippen LogP contribution in [0.4, 0.5) is 5.82 Å². The molecule has 0 atom stereocenters. The lowest BCUT2D eigenvalue weighted by molar-refractivity contribution is 0.584. The highest BCUT2D eigenvalue weighted by molar-refractivity contribution is 9.10. The lowest BCUT2D eigenvalue weighted by Crippen LogP contribution is -2.29. The molecule has 0 radical (unpaired) electrons. The van der Waals surface area contributed by atoms with Gasteiger partial charge < -0.3 is 5.32 Å². The van der Waals surface area contributed by atoms with Crippen LogP contribution in [0.25, 0.3) is 0 Å². The molecule has 0 aliphatic carbocycles. The van der Waals surface area contributed by atoms with Crippen molar-refractivity contribution < 1.29 is 8.42 Å². The highest BCUT2D eigenvalue weighted by atomic mass is 79.9. The minimum Gasteiger partial charge on any atom is -0.369 e. The quantitative estimate of drug-likeness (QED) is 0.760. The van der Waals surface area contributed by atoms with Crippen LogP contribution in [0.5, 0.6) is 0 Å². The second-order valence-electron chi connectivity index (χ2n) is 3.37. The first-order valence-electron chi connectivity index (χ1n) is 5.15. The van der Waals surface area contributed by atoms with Crippen LogP contribution in [0.3, 0.4) is 0 Å². The monoisotopic (exact) mass is 322 g/mol. The van der Waals surface area contributed by atoms with Crippen molar-refractivity contribution in [3.8, 4) is 0 Å². The van der Waals surface area contributed by atoms with E-state index in [-0.39, 0.29) is 5.75 Å². The van der Waals surface area contributed by atoms with E-state index in [1.54, 1.807) is 19.9 Å². The zero-order valence-corrected chi connectivity index (χ0v) is 12.1. The molecule has 0 aliphatic heterocycles. The van der Waals surface area contributed by atoms with Crippen LogP contribution in [0.2, 0.25) is 0 Å². The average Bonchev–Trinajstić information content (AvgIpc) is 2.15. The van der Waals surface area contributed by atoms with E-state index in [1.165, 1.54) is 0 Å². The predicted molar refractivity (Wildman–Crippen MR) is 70.4 cm³/mol. The SMILES string of the molecule is CCNS(=O)(=O)CCNc1cc(Br)nc(C)n1. The molecular weight excluding hydrogens is 308 g/mol. The number of halogens is 1. The maximum Gasteiger partial charge on any atom is 0.213 e. The molecule has 2 N–H and O–H groups in total. The van der Waals surface area contributed by atoms with Crippen LogP contribution in [0.15, 0.2) is 10.7 Å². The summed E-state index contributed by atoms with van der Waals surface area (Å²) in [4.78, 5) is 8.19. The Balaban J connectivity index is 2.51. The number of aromatic nitrogens is 2. The van der Waals surface area contributed by atoms with Crippen molar-refractivity contribution in [3.63, 3.8) is 0 Å². The van der Waals surface area contributed by atoms with Crippen molar-refractivity contribution in [2.75, 3.05) is 24.2 Å². The van der Waals surface area contributed by atoms with Gasteiger partial charge in [0.05, 0.1) is 5.75 Å². The number of nitrogens with one attached hydrogen (secondary N) is 2. The number of rotatable bonds is 6. The molecule has 1 rings (SSSR count). The van der Waals surface area contributed by atoms with Gasteiger partial charge in [-0.3, -0.25) is 0 Å². The van der Waals surface area contributed by atoms with Gasteiger partial charge in [-0.25, -0.2) is 23.1 Å². The summed E-state index contributed by atoms with van der Waals surface area (Å²) in [6.45, 7) is 4.22. The van der Waals surface area contributed by atoms with Gasteiger partial charge in [0.15, 0.2) is 0 Å².